The molecule has 3 aromatic heterocycles. The minimum absolute atomic E-state index is 0.412. The first-order valence-corrected chi connectivity index (χ1v) is 8.10. The molecule has 0 amide bonds. The number of pyridine rings is 2. The summed E-state index contributed by atoms with van der Waals surface area (Å²) in [4.78, 5) is 8.39. The van der Waals surface area contributed by atoms with Gasteiger partial charge in [-0.3, -0.25) is 10.1 Å². The summed E-state index contributed by atoms with van der Waals surface area (Å²) >= 11 is 12.1. The van der Waals surface area contributed by atoms with Crippen molar-refractivity contribution in [1.29, 1.82) is 0 Å². The van der Waals surface area contributed by atoms with Crippen LogP contribution in [0.3, 0.4) is 0 Å². The molecular formula is C17H11Cl2N5O. The number of H-pyrrole nitrogens is 1. The lowest BCUT2D eigenvalue weighted by atomic mass is 10.3. The molecular weight excluding hydrogens is 361 g/mol. The Bertz CT molecular complexity index is 1030. The van der Waals surface area contributed by atoms with Crippen molar-refractivity contribution in [3.05, 3.63) is 64.9 Å². The van der Waals surface area contributed by atoms with E-state index >= 15 is 0 Å². The molecule has 0 radical (unpaired) electrons. The van der Waals surface area contributed by atoms with Crippen molar-refractivity contribution in [2.24, 2.45) is 0 Å². The van der Waals surface area contributed by atoms with Crippen LogP contribution in [0.15, 0.2) is 54.9 Å². The van der Waals surface area contributed by atoms with Gasteiger partial charge in [0, 0.05) is 24.1 Å². The van der Waals surface area contributed by atoms with E-state index in [-0.39, 0.29) is 0 Å². The van der Waals surface area contributed by atoms with Crippen LogP contribution < -0.4 is 10.1 Å². The molecule has 0 aliphatic heterocycles. The lowest BCUT2D eigenvalue weighted by molar-refractivity contribution is 0.463. The van der Waals surface area contributed by atoms with Gasteiger partial charge in [0.05, 0.1) is 15.6 Å². The van der Waals surface area contributed by atoms with E-state index in [1.807, 2.05) is 18.2 Å². The predicted molar refractivity (Wildman–Crippen MR) is 97.9 cm³/mol. The van der Waals surface area contributed by atoms with Crippen molar-refractivity contribution in [3.63, 3.8) is 0 Å². The zero-order valence-corrected chi connectivity index (χ0v) is 14.2. The maximum atomic E-state index is 6.31. The summed E-state index contributed by atoms with van der Waals surface area (Å²) in [6, 6.07) is 12.5. The highest BCUT2D eigenvalue weighted by molar-refractivity contribution is 6.32. The van der Waals surface area contributed by atoms with Crippen LogP contribution in [0.2, 0.25) is 10.0 Å². The molecule has 0 bridgehead atoms. The Morgan fingerprint density at radius 3 is 2.76 bits per heavy atom. The van der Waals surface area contributed by atoms with E-state index in [1.165, 1.54) is 6.20 Å². The van der Waals surface area contributed by atoms with E-state index in [9.17, 15) is 0 Å². The summed E-state index contributed by atoms with van der Waals surface area (Å²) in [5, 5.41) is 11.3. The van der Waals surface area contributed by atoms with Gasteiger partial charge in [-0.25, -0.2) is 4.98 Å². The molecule has 1 aromatic carbocycles. The molecule has 124 valence electrons. The number of anilines is 2. The summed E-state index contributed by atoms with van der Waals surface area (Å²) in [5.41, 5.74) is 2.37. The van der Waals surface area contributed by atoms with Gasteiger partial charge in [-0.1, -0.05) is 23.2 Å². The summed E-state index contributed by atoms with van der Waals surface area (Å²) in [6.07, 6.45) is 3.22. The molecule has 4 aromatic rings. The summed E-state index contributed by atoms with van der Waals surface area (Å²) in [5.74, 6) is 1.53. The van der Waals surface area contributed by atoms with Crippen LogP contribution in [0.4, 0.5) is 11.5 Å². The lowest BCUT2D eigenvalue weighted by Gasteiger charge is -2.09. The van der Waals surface area contributed by atoms with Crippen LogP contribution in [-0.4, -0.2) is 20.2 Å². The van der Waals surface area contributed by atoms with Gasteiger partial charge >= 0.3 is 0 Å². The first-order valence-electron chi connectivity index (χ1n) is 7.34. The van der Waals surface area contributed by atoms with E-state index in [4.69, 9.17) is 27.9 Å². The lowest BCUT2D eigenvalue weighted by Crippen LogP contribution is -1.93. The number of halogens is 2. The number of nitrogens with zero attached hydrogens (tertiary/aromatic N) is 3. The summed E-state index contributed by atoms with van der Waals surface area (Å²) in [7, 11) is 0. The van der Waals surface area contributed by atoms with Gasteiger partial charge < -0.3 is 10.1 Å². The topological polar surface area (TPSA) is 75.7 Å². The highest BCUT2D eigenvalue weighted by Crippen LogP contribution is 2.32. The largest absolute Gasteiger partial charge is 0.437 e. The quantitative estimate of drug-likeness (QED) is 0.515. The van der Waals surface area contributed by atoms with Gasteiger partial charge in [-0.15, -0.1) is 0 Å². The third kappa shape index (κ3) is 3.35. The first kappa shape index (κ1) is 15.7. The molecule has 2 N–H and O–H groups in total. The zero-order chi connectivity index (χ0) is 17.2. The monoisotopic (exact) mass is 371 g/mol. The number of benzene rings is 1. The second-order valence-corrected chi connectivity index (χ2v) is 6.00. The van der Waals surface area contributed by atoms with Crippen LogP contribution in [-0.2, 0) is 0 Å². The van der Waals surface area contributed by atoms with Gasteiger partial charge in [0.1, 0.15) is 11.3 Å². The molecule has 0 unspecified atom stereocenters. The molecule has 8 heteroatoms. The van der Waals surface area contributed by atoms with Crippen molar-refractivity contribution in [2.75, 3.05) is 5.32 Å². The maximum absolute atomic E-state index is 6.31. The number of ether oxygens (including phenoxy) is 1. The van der Waals surface area contributed by atoms with E-state index < -0.39 is 0 Å². The molecule has 0 aliphatic carbocycles. The number of aromatic amines is 1. The molecule has 0 fully saturated rings. The van der Waals surface area contributed by atoms with Crippen LogP contribution in [0, 0.1) is 0 Å². The van der Waals surface area contributed by atoms with Crippen molar-refractivity contribution in [2.45, 2.75) is 0 Å². The average molecular weight is 372 g/mol. The van der Waals surface area contributed by atoms with E-state index in [0.29, 0.717) is 27.5 Å². The fourth-order valence-electron chi connectivity index (χ4n) is 2.27. The van der Waals surface area contributed by atoms with Gasteiger partial charge in [-0.2, -0.15) is 5.10 Å². The Morgan fingerprint density at radius 1 is 1.04 bits per heavy atom. The third-order valence-corrected chi connectivity index (χ3v) is 3.95. The Balaban J connectivity index is 1.56. The number of nitrogens with one attached hydrogen (secondary N) is 2. The van der Waals surface area contributed by atoms with E-state index in [0.717, 1.165) is 16.7 Å². The van der Waals surface area contributed by atoms with Gasteiger partial charge in [0.2, 0.25) is 5.88 Å². The van der Waals surface area contributed by atoms with E-state index in [1.54, 1.807) is 30.5 Å². The smallest absolute Gasteiger partial charge is 0.219 e. The Hall–Kier alpha value is -2.83. The number of fused-ring (bicyclic) bond motifs is 1. The first-order chi connectivity index (χ1) is 12.2. The number of hydrogen-bond acceptors (Lipinski definition) is 5. The van der Waals surface area contributed by atoms with Crippen molar-refractivity contribution in [1.82, 2.24) is 20.2 Å². The molecule has 0 atom stereocenters. The van der Waals surface area contributed by atoms with Crippen LogP contribution in [0.5, 0.6) is 11.6 Å². The van der Waals surface area contributed by atoms with Crippen LogP contribution >= 0.6 is 23.2 Å². The molecule has 0 aliphatic rings. The van der Waals surface area contributed by atoms with Crippen LogP contribution in [0.1, 0.15) is 0 Å². The van der Waals surface area contributed by atoms with Gasteiger partial charge in [0.25, 0.3) is 0 Å². The van der Waals surface area contributed by atoms with Crippen LogP contribution in [0.25, 0.3) is 11.0 Å². The molecule has 0 saturated carbocycles. The molecule has 25 heavy (non-hydrogen) atoms. The number of hydrogen-bond donors (Lipinski definition) is 2. The van der Waals surface area contributed by atoms with Gasteiger partial charge in [-0.05, 0) is 36.4 Å². The molecule has 0 saturated heterocycles. The minimum Gasteiger partial charge on any atom is -0.437 e. The van der Waals surface area contributed by atoms with E-state index in [2.05, 4.69) is 25.5 Å². The second-order valence-electron chi connectivity index (χ2n) is 5.16. The fourth-order valence-corrected chi connectivity index (χ4v) is 2.60. The summed E-state index contributed by atoms with van der Waals surface area (Å²) in [6.45, 7) is 0. The third-order valence-electron chi connectivity index (χ3n) is 3.43. The van der Waals surface area contributed by atoms with Gasteiger partial charge in [0.15, 0.2) is 5.82 Å². The number of aromatic nitrogens is 4. The zero-order valence-electron chi connectivity index (χ0n) is 12.7. The molecule has 3 heterocycles. The molecule has 0 spiro atoms. The second kappa shape index (κ2) is 6.58. The number of rotatable bonds is 4. The maximum Gasteiger partial charge on any atom is 0.219 e. The molecule has 6 nitrogen and oxygen atoms in total. The Labute approximate surface area is 152 Å². The van der Waals surface area contributed by atoms with Crippen molar-refractivity contribution < 1.29 is 4.74 Å². The van der Waals surface area contributed by atoms with Crippen molar-refractivity contribution >= 4 is 45.7 Å². The predicted octanol–water partition coefficient (Wildman–Crippen LogP) is 5.20. The fraction of sp³-hybridized carbons (Fsp3) is 0. The minimum atomic E-state index is 0.412. The average Bonchev–Trinajstić information content (AvgIpc) is 3.02. The highest BCUT2D eigenvalue weighted by atomic mass is 35.5. The summed E-state index contributed by atoms with van der Waals surface area (Å²) < 4.78 is 5.66. The molecule has 4 rings (SSSR count). The normalized spacial score (nSPS) is 10.8. The SMILES string of the molecule is Clc1ccc(Oc2ccc(Nc3n[nH]c4cccnc34)cc2Cl)nc1. The Morgan fingerprint density at radius 2 is 1.96 bits per heavy atom. The Kier molecular flexibility index (Phi) is 4.13. The standard InChI is InChI=1S/C17H11Cl2N5O/c18-10-3-6-15(21-9-10)25-14-5-4-11(8-12(14)19)22-17-16-13(23-24-17)2-1-7-20-16/h1-9H,(H2,22,23,24). The highest BCUT2D eigenvalue weighted by Gasteiger charge is 2.09. The van der Waals surface area contributed by atoms with Crippen molar-refractivity contribution in [3.8, 4) is 11.6 Å².